The van der Waals surface area contributed by atoms with Gasteiger partial charge in [-0.15, -0.1) is 0 Å². The van der Waals surface area contributed by atoms with Gasteiger partial charge in [0.2, 0.25) is 0 Å². The van der Waals surface area contributed by atoms with E-state index in [4.69, 9.17) is 21.1 Å². The van der Waals surface area contributed by atoms with Crippen molar-refractivity contribution >= 4 is 28.2 Å². The molecule has 0 unspecified atom stereocenters. The highest BCUT2D eigenvalue weighted by atomic mass is 35.5. The van der Waals surface area contributed by atoms with Gasteiger partial charge in [0.1, 0.15) is 17.0 Å². The summed E-state index contributed by atoms with van der Waals surface area (Å²) in [5, 5.41) is 4.86. The molecule has 1 aromatic carbocycles. The van der Waals surface area contributed by atoms with Gasteiger partial charge in [-0.3, -0.25) is 0 Å². The SMILES string of the molecule is CCCNc1c(C)c(C)nc2c(OC)cc(OC)c(Cl)c12. The van der Waals surface area contributed by atoms with E-state index in [1.54, 1.807) is 20.3 Å². The molecule has 0 aliphatic carbocycles. The molecule has 5 heteroatoms. The summed E-state index contributed by atoms with van der Waals surface area (Å²) in [5.74, 6) is 1.25. The largest absolute Gasteiger partial charge is 0.495 e. The van der Waals surface area contributed by atoms with E-state index in [1.807, 2.05) is 13.8 Å². The first-order chi connectivity index (χ1) is 10.0. The average molecular weight is 309 g/mol. The lowest BCUT2D eigenvalue weighted by atomic mass is 10.1. The van der Waals surface area contributed by atoms with Gasteiger partial charge in [0, 0.05) is 23.7 Å². The van der Waals surface area contributed by atoms with Gasteiger partial charge in [-0.2, -0.15) is 0 Å². The Morgan fingerprint density at radius 2 is 1.86 bits per heavy atom. The summed E-state index contributed by atoms with van der Waals surface area (Å²) in [4.78, 5) is 4.65. The van der Waals surface area contributed by atoms with Crippen LogP contribution in [0.15, 0.2) is 6.07 Å². The van der Waals surface area contributed by atoms with Gasteiger partial charge in [-0.25, -0.2) is 4.98 Å². The highest BCUT2D eigenvalue weighted by Crippen LogP contribution is 2.43. The van der Waals surface area contributed by atoms with Gasteiger partial charge >= 0.3 is 0 Å². The minimum atomic E-state index is 0.558. The number of benzene rings is 1. The topological polar surface area (TPSA) is 43.4 Å². The molecule has 0 atom stereocenters. The van der Waals surface area contributed by atoms with Crippen LogP contribution >= 0.6 is 11.6 Å². The van der Waals surface area contributed by atoms with E-state index >= 15 is 0 Å². The molecule has 1 N–H and O–H groups in total. The lowest BCUT2D eigenvalue weighted by molar-refractivity contribution is 0.397. The molecule has 0 aliphatic rings. The Balaban J connectivity index is 2.87. The average Bonchev–Trinajstić information content (AvgIpc) is 2.48. The van der Waals surface area contributed by atoms with Crippen LogP contribution in [0.3, 0.4) is 0 Å². The maximum atomic E-state index is 6.52. The number of nitrogens with one attached hydrogen (secondary N) is 1. The zero-order valence-electron chi connectivity index (χ0n) is 13.1. The maximum Gasteiger partial charge on any atom is 0.148 e. The van der Waals surface area contributed by atoms with E-state index in [2.05, 4.69) is 17.2 Å². The Hall–Kier alpha value is -1.68. The standard InChI is InChI=1S/C16H21ClN2O2/c1-6-7-18-15-9(2)10(3)19-16-12(21-5)8-11(20-4)14(17)13(15)16/h8H,6-7H2,1-5H3,(H,18,19). The van der Waals surface area contributed by atoms with Crippen LogP contribution in [-0.4, -0.2) is 25.7 Å². The van der Waals surface area contributed by atoms with Crippen LogP contribution < -0.4 is 14.8 Å². The van der Waals surface area contributed by atoms with E-state index in [-0.39, 0.29) is 0 Å². The van der Waals surface area contributed by atoms with Crippen LogP contribution in [0.5, 0.6) is 11.5 Å². The Labute approximate surface area is 130 Å². The molecule has 4 nitrogen and oxygen atoms in total. The number of hydrogen-bond donors (Lipinski definition) is 1. The lowest BCUT2D eigenvalue weighted by Gasteiger charge is -2.18. The molecule has 0 saturated carbocycles. The number of hydrogen-bond acceptors (Lipinski definition) is 4. The molecule has 0 fully saturated rings. The van der Waals surface area contributed by atoms with E-state index in [0.29, 0.717) is 16.5 Å². The first-order valence-electron chi connectivity index (χ1n) is 7.00. The lowest BCUT2D eigenvalue weighted by Crippen LogP contribution is -2.06. The van der Waals surface area contributed by atoms with Crippen LogP contribution in [0.1, 0.15) is 24.6 Å². The molecule has 0 amide bonds. The molecular formula is C16H21ClN2O2. The van der Waals surface area contributed by atoms with Crippen molar-refractivity contribution in [3.05, 3.63) is 22.3 Å². The summed E-state index contributed by atoms with van der Waals surface area (Å²) in [6, 6.07) is 1.77. The van der Waals surface area contributed by atoms with Crippen LogP contribution in [0, 0.1) is 13.8 Å². The number of nitrogens with zero attached hydrogens (tertiary/aromatic N) is 1. The van der Waals surface area contributed by atoms with Gasteiger partial charge in [0.25, 0.3) is 0 Å². The summed E-state index contributed by atoms with van der Waals surface area (Å²) in [5.41, 5.74) is 3.81. The molecule has 0 aliphatic heterocycles. The van der Waals surface area contributed by atoms with Crippen molar-refractivity contribution in [2.45, 2.75) is 27.2 Å². The van der Waals surface area contributed by atoms with E-state index in [1.165, 1.54) is 0 Å². The van der Waals surface area contributed by atoms with E-state index in [0.717, 1.165) is 40.8 Å². The molecule has 0 bridgehead atoms. The summed E-state index contributed by atoms with van der Waals surface area (Å²) >= 11 is 6.52. The predicted molar refractivity (Wildman–Crippen MR) is 88.1 cm³/mol. The third-order valence-electron chi connectivity index (χ3n) is 3.61. The molecule has 0 spiro atoms. The number of fused-ring (bicyclic) bond motifs is 1. The van der Waals surface area contributed by atoms with Crippen LogP contribution in [0.4, 0.5) is 5.69 Å². The first kappa shape index (κ1) is 15.7. The Kier molecular flexibility index (Phi) is 4.78. The van der Waals surface area contributed by atoms with Crippen molar-refractivity contribution in [1.29, 1.82) is 0 Å². The molecule has 0 radical (unpaired) electrons. The van der Waals surface area contributed by atoms with Crippen molar-refractivity contribution in [3.63, 3.8) is 0 Å². The van der Waals surface area contributed by atoms with Crippen molar-refractivity contribution < 1.29 is 9.47 Å². The minimum absolute atomic E-state index is 0.558. The van der Waals surface area contributed by atoms with Crippen molar-refractivity contribution in [2.75, 3.05) is 26.1 Å². The summed E-state index contributed by atoms with van der Waals surface area (Å²) in [7, 11) is 3.22. The quantitative estimate of drug-likeness (QED) is 0.892. The van der Waals surface area contributed by atoms with Gasteiger partial charge < -0.3 is 14.8 Å². The number of ether oxygens (including phenoxy) is 2. The van der Waals surface area contributed by atoms with Gasteiger partial charge in [0.05, 0.1) is 24.9 Å². The fourth-order valence-corrected chi connectivity index (χ4v) is 2.65. The number of aromatic nitrogens is 1. The Morgan fingerprint density at radius 3 is 2.43 bits per heavy atom. The van der Waals surface area contributed by atoms with Crippen LogP contribution in [0.2, 0.25) is 5.02 Å². The van der Waals surface area contributed by atoms with Crippen LogP contribution in [-0.2, 0) is 0 Å². The number of rotatable bonds is 5. The summed E-state index contributed by atoms with van der Waals surface area (Å²) in [6.45, 7) is 7.03. The van der Waals surface area contributed by atoms with Gasteiger partial charge in [-0.05, 0) is 25.8 Å². The zero-order valence-corrected chi connectivity index (χ0v) is 13.9. The Morgan fingerprint density at radius 1 is 1.19 bits per heavy atom. The second-order valence-electron chi connectivity index (χ2n) is 4.94. The minimum Gasteiger partial charge on any atom is -0.495 e. The summed E-state index contributed by atoms with van der Waals surface area (Å²) in [6.07, 6.45) is 1.03. The molecule has 1 aromatic heterocycles. The molecule has 114 valence electrons. The number of methoxy groups -OCH3 is 2. The maximum absolute atomic E-state index is 6.52. The monoisotopic (exact) mass is 308 g/mol. The Bertz CT molecular complexity index is 671. The third-order valence-corrected chi connectivity index (χ3v) is 3.98. The number of anilines is 1. The molecule has 0 saturated heterocycles. The second-order valence-corrected chi connectivity index (χ2v) is 5.32. The van der Waals surface area contributed by atoms with Crippen molar-refractivity contribution in [3.8, 4) is 11.5 Å². The zero-order chi connectivity index (χ0) is 15.6. The highest BCUT2D eigenvalue weighted by Gasteiger charge is 2.19. The van der Waals surface area contributed by atoms with Crippen molar-refractivity contribution in [2.24, 2.45) is 0 Å². The predicted octanol–water partition coefficient (Wildman–Crippen LogP) is 4.34. The highest BCUT2D eigenvalue weighted by molar-refractivity contribution is 6.38. The third kappa shape index (κ3) is 2.72. The smallest absolute Gasteiger partial charge is 0.148 e. The fraction of sp³-hybridized carbons (Fsp3) is 0.438. The second kappa shape index (κ2) is 6.39. The number of pyridine rings is 1. The molecule has 21 heavy (non-hydrogen) atoms. The molecular weight excluding hydrogens is 288 g/mol. The molecule has 2 aromatic rings. The van der Waals surface area contributed by atoms with Crippen LogP contribution in [0.25, 0.3) is 10.9 Å². The van der Waals surface area contributed by atoms with E-state index in [9.17, 15) is 0 Å². The summed E-state index contributed by atoms with van der Waals surface area (Å²) < 4.78 is 10.8. The molecule has 1 heterocycles. The first-order valence-corrected chi connectivity index (χ1v) is 7.38. The normalized spacial score (nSPS) is 10.8. The number of aryl methyl sites for hydroxylation is 1. The number of halogens is 1. The fourth-order valence-electron chi connectivity index (χ4n) is 2.34. The van der Waals surface area contributed by atoms with E-state index < -0.39 is 0 Å². The van der Waals surface area contributed by atoms with Crippen molar-refractivity contribution in [1.82, 2.24) is 4.98 Å². The van der Waals surface area contributed by atoms with Gasteiger partial charge in [0.15, 0.2) is 0 Å². The van der Waals surface area contributed by atoms with Gasteiger partial charge in [-0.1, -0.05) is 18.5 Å². The molecule has 2 rings (SSSR count).